The van der Waals surface area contributed by atoms with E-state index in [1.807, 2.05) is 0 Å². The normalized spacial score (nSPS) is 12.8. The molecule has 0 aliphatic rings. The number of carbonyl (C=O) groups excluding carboxylic acids is 1. The van der Waals surface area contributed by atoms with Crippen LogP contribution < -0.4 is 15.5 Å². The third-order valence-corrected chi connectivity index (χ3v) is 4.94. The lowest BCUT2D eigenvalue weighted by Crippen LogP contribution is -2.46. The van der Waals surface area contributed by atoms with Crippen molar-refractivity contribution in [3.05, 3.63) is 52.7 Å². The molecule has 9 nitrogen and oxygen atoms in total. The van der Waals surface area contributed by atoms with Crippen LogP contribution in [0.25, 0.3) is 22.3 Å². The van der Waals surface area contributed by atoms with Gasteiger partial charge in [-0.25, -0.2) is 9.59 Å². The zero-order valence-corrected chi connectivity index (χ0v) is 16.8. The number of hydrogen-bond acceptors (Lipinski definition) is 7. The Balaban J connectivity index is 1.99. The molecule has 0 fully saturated rings. The third kappa shape index (κ3) is 4.45. The van der Waals surface area contributed by atoms with Gasteiger partial charge < -0.3 is 29.8 Å². The average Bonchev–Trinajstić information content (AvgIpc) is 2.75. The third-order valence-electron chi connectivity index (χ3n) is 4.94. The van der Waals surface area contributed by atoms with Gasteiger partial charge >= 0.3 is 12.1 Å². The first-order valence-corrected chi connectivity index (χ1v) is 9.52. The highest BCUT2D eigenvalue weighted by Crippen LogP contribution is 2.41. The number of phenols is 2. The second-order valence-electron chi connectivity index (χ2n) is 7.02. The smallest absolute Gasteiger partial charge is 0.413 e. The summed E-state index contributed by atoms with van der Waals surface area (Å²) < 4.78 is 10.7. The number of phenolic OH excluding ortho intramolecular Hbond substituents is 2. The fourth-order valence-corrected chi connectivity index (χ4v) is 3.03. The molecule has 2 aromatic carbocycles. The van der Waals surface area contributed by atoms with Crippen LogP contribution in [0.2, 0.25) is 0 Å². The number of aromatic hydroxyl groups is 2. The Morgan fingerprint density at radius 1 is 1.13 bits per heavy atom. The lowest BCUT2D eigenvalue weighted by molar-refractivity contribution is -0.140. The summed E-state index contributed by atoms with van der Waals surface area (Å²) in [6, 6.07) is 9.78. The summed E-state index contributed by atoms with van der Waals surface area (Å²) in [6.45, 7) is 3.42. The molecule has 31 heavy (non-hydrogen) atoms. The van der Waals surface area contributed by atoms with E-state index >= 15 is 0 Å². The predicted molar refractivity (Wildman–Crippen MR) is 111 cm³/mol. The van der Waals surface area contributed by atoms with E-state index in [9.17, 15) is 29.7 Å². The van der Waals surface area contributed by atoms with Crippen LogP contribution in [0, 0.1) is 5.92 Å². The number of ether oxygens (including phenoxy) is 1. The molecular formula is C22H21NO8. The lowest BCUT2D eigenvalue weighted by Gasteiger charge is -2.20. The summed E-state index contributed by atoms with van der Waals surface area (Å²) in [5, 5.41) is 31.7. The van der Waals surface area contributed by atoms with Gasteiger partial charge in [0.15, 0.2) is 16.9 Å². The van der Waals surface area contributed by atoms with E-state index in [0.717, 1.165) is 6.07 Å². The maximum atomic E-state index is 12.5. The second-order valence-corrected chi connectivity index (χ2v) is 7.02. The van der Waals surface area contributed by atoms with Crippen molar-refractivity contribution in [2.75, 3.05) is 0 Å². The topological polar surface area (TPSA) is 146 Å². The number of hydrogen-bond donors (Lipinski definition) is 4. The molecule has 0 aliphatic heterocycles. The highest BCUT2D eigenvalue weighted by Gasteiger charge is 2.27. The molecule has 2 atom stereocenters. The molecule has 162 valence electrons. The van der Waals surface area contributed by atoms with Gasteiger partial charge in [-0.15, -0.1) is 0 Å². The van der Waals surface area contributed by atoms with Crippen molar-refractivity contribution in [1.29, 1.82) is 0 Å². The van der Waals surface area contributed by atoms with Gasteiger partial charge in [0, 0.05) is 17.7 Å². The van der Waals surface area contributed by atoms with Crippen molar-refractivity contribution >= 4 is 23.0 Å². The molecule has 1 heterocycles. The number of carboxylic acid groups (broad SMARTS) is 1. The minimum Gasteiger partial charge on any atom is -0.504 e. The van der Waals surface area contributed by atoms with Gasteiger partial charge in [0.1, 0.15) is 22.8 Å². The quantitative estimate of drug-likeness (QED) is 0.438. The van der Waals surface area contributed by atoms with Crippen LogP contribution in [0.3, 0.4) is 0 Å². The van der Waals surface area contributed by atoms with E-state index in [2.05, 4.69) is 5.32 Å². The van der Waals surface area contributed by atoms with Crippen LogP contribution in [-0.4, -0.2) is 33.4 Å². The van der Waals surface area contributed by atoms with E-state index in [-0.39, 0.29) is 22.6 Å². The molecular weight excluding hydrogens is 406 g/mol. The van der Waals surface area contributed by atoms with Crippen LogP contribution in [0.15, 0.2) is 51.7 Å². The van der Waals surface area contributed by atoms with E-state index < -0.39 is 40.8 Å². The van der Waals surface area contributed by atoms with Crippen molar-refractivity contribution in [3.63, 3.8) is 0 Å². The highest BCUT2D eigenvalue weighted by atomic mass is 16.6. The fourth-order valence-electron chi connectivity index (χ4n) is 3.03. The van der Waals surface area contributed by atoms with E-state index in [1.54, 1.807) is 44.2 Å². The molecule has 9 heteroatoms. The SMILES string of the molecule is CC[C@@H](C)[C@H](NC(=O)Oc1cc2oc(-c3ccccc3)cc(=O)c2c(O)c1O)C(=O)O. The number of fused-ring (bicyclic) bond motifs is 1. The molecule has 0 saturated carbocycles. The molecule has 0 spiro atoms. The number of nitrogens with one attached hydrogen (secondary N) is 1. The molecule has 1 amide bonds. The Morgan fingerprint density at radius 2 is 1.81 bits per heavy atom. The molecule has 0 radical (unpaired) electrons. The van der Waals surface area contributed by atoms with Crippen molar-refractivity contribution in [2.24, 2.45) is 5.92 Å². The maximum Gasteiger partial charge on any atom is 0.413 e. The minimum atomic E-state index is -1.24. The van der Waals surface area contributed by atoms with Crippen molar-refractivity contribution in [1.82, 2.24) is 5.32 Å². The number of carbonyl (C=O) groups is 2. The summed E-state index contributed by atoms with van der Waals surface area (Å²) in [5.74, 6) is -3.57. The first-order chi connectivity index (χ1) is 14.7. The van der Waals surface area contributed by atoms with Crippen LogP contribution in [0.1, 0.15) is 20.3 Å². The zero-order valence-electron chi connectivity index (χ0n) is 16.8. The Morgan fingerprint density at radius 3 is 2.42 bits per heavy atom. The molecule has 4 N–H and O–H groups in total. The number of rotatable bonds is 6. The standard InChI is InChI=1S/C22H21NO8/c1-3-11(2)18(21(27)28)23-22(29)31-16-10-15-17(20(26)19(16)25)13(24)9-14(30-15)12-7-5-4-6-8-12/h4-11,18,25-26H,3H2,1-2H3,(H,23,29)(H,27,28)/t11-,18+/m1/s1. The van der Waals surface area contributed by atoms with Gasteiger partial charge in [-0.1, -0.05) is 50.6 Å². The first-order valence-electron chi connectivity index (χ1n) is 9.52. The largest absolute Gasteiger partial charge is 0.504 e. The van der Waals surface area contributed by atoms with Crippen molar-refractivity contribution in [3.8, 4) is 28.6 Å². The molecule has 0 aliphatic carbocycles. The van der Waals surface area contributed by atoms with Crippen molar-refractivity contribution in [2.45, 2.75) is 26.3 Å². The van der Waals surface area contributed by atoms with Crippen LogP contribution >= 0.6 is 0 Å². The van der Waals surface area contributed by atoms with Crippen LogP contribution in [0.4, 0.5) is 4.79 Å². The number of benzene rings is 2. The summed E-state index contributed by atoms with van der Waals surface area (Å²) in [6.07, 6.45) is -0.657. The van der Waals surface area contributed by atoms with Gasteiger partial charge in [-0.3, -0.25) is 4.79 Å². The number of amides is 1. The Kier molecular flexibility index (Phi) is 6.15. The molecule has 1 aromatic heterocycles. The summed E-state index contributed by atoms with van der Waals surface area (Å²) >= 11 is 0. The predicted octanol–water partition coefficient (Wildman–Crippen LogP) is 3.46. The van der Waals surface area contributed by atoms with Gasteiger partial charge in [0.05, 0.1) is 0 Å². The first kappa shape index (κ1) is 21.7. The molecule has 3 rings (SSSR count). The monoisotopic (exact) mass is 427 g/mol. The Bertz CT molecular complexity index is 1190. The summed E-state index contributed by atoms with van der Waals surface area (Å²) in [7, 11) is 0. The minimum absolute atomic E-state index is 0.124. The molecule has 0 unspecified atom stereocenters. The van der Waals surface area contributed by atoms with E-state index in [1.165, 1.54) is 6.07 Å². The van der Waals surface area contributed by atoms with E-state index in [0.29, 0.717) is 12.0 Å². The van der Waals surface area contributed by atoms with Crippen LogP contribution in [-0.2, 0) is 4.79 Å². The Hall–Kier alpha value is -4.01. The number of carboxylic acids is 1. The van der Waals surface area contributed by atoms with Crippen molar-refractivity contribution < 1.29 is 34.1 Å². The number of aliphatic carboxylic acids is 1. The van der Waals surface area contributed by atoms with E-state index in [4.69, 9.17) is 9.15 Å². The highest BCUT2D eigenvalue weighted by molar-refractivity contribution is 5.90. The molecule has 3 aromatic rings. The van der Waals surface area contributed by atoms with Gasteiger partial charge in [0.25, 0.3) is 0 Å². The maximum absolute atomic E-state index is 12.5. The fraction of sp³-hybridized carbons (Fsp3) is 0.227. The summed E-state index contributed by atoms with van der Waals surface area (Å²) in [4.78, 5) is 36.1. The average molecular weight is 427 g/mol. The second kappa shape index (κ2) is 8.78. The lowest BCUT2D eigenvalue weighted by atomic mass is 10.00. The summed E-state index contributed by atoms with van der Waals surface area (Å²) in [5.41, 5.74) is -0.125. The van der Waals surface area contributed by atoms with Gasteiger partial charge in [-0.05, 0) is 5.92 Å². The van der Waals surface area contributed by atoms with Gasteiger partial charge in [0.2, 0.25) is 5.75 Å². The molecule has 0 saturated heterocycles. The zero-order chi connectivity index (χ0) is 22.7. The van der Waals surface area contributed by atoms with Crippen LogP contribution in [0.5, 0.6) is 17.2 Å². The molecule has 0 bridgehead atoms. The van der Waals surface area contributed by atoms with Gasteiger partial charge in [-0.2, -0.15) is 0 Å². The Labute approximate surface area is 176 Å².